The van der Waals surface area contributed by atoms with E-state index in [1.807, 2.05) is 36.1 Å². The highest BCUT2D eigenvalue weighted by molar-refractivity contribution is 5.57. The van der Waals surface area contributed by atoms with E-state index >= 15 is 0 Å². The first-order chi connectivity index (χ1) is 13.2. The van der Waals surface area contributed by atoms with Crippen molar-refractivity contribution in [2.24, 2.45) is 0 Å². The van der Waals surface area contributed by atoms with Gasteiger partial charge in [-0.1, -0.05) is 6.92 Å². The zero-order valence-electron chi connectivity index (χ0n) is 15.7. The lowest BCUT2D eigenvalue weighted by Gasteiger charge is -2.34. The van der Waals surface area contributed by atoms with E-state index in [-0.39, 0.29) is 6.10 Å². The largest absolute Gasteiger partial charge is 0.373 e. The fraction of sp³-hybridized carbons (Fsp3) is 0.400. The molecule has 0 spiro atoms. The highest BCUT2D eigenvalue weighted by Crippen LogP contribution is 2.22. The van der Waals surface area contributed by atoms with E-state index in [1.54, 1.807) is 12.4 Å². The maximum Gasteiger partial charge on any atom is 0.161 e. The fourth-order valence-electron chi connectivity index (χ4n) is 3.27. The van der Waals surface area contributed by atoms with Crippen molar-refractivity contribution in [3.63, 3.8) is 0 Å². The predicted octanol–water partition coefficient (Wildman–Crippen LogP) is 2.51. The summed E-state index contributed by atoms with van der Waals surface area (Å²) in [5.74, 6) is 1.70. The molecule has 1 aliphatic heterocycles. The third-order valence-electron chi connectivity index (χ3n) is 4.68. The Hall–Kier alpha value is -2.80. The van der Waals surface area contributed by atoms with E-state index in [2.05, 4.69) is 28.0 Å². The van der Waals surface area contributed by atoms with Gasteiger partial charge in [-0.05, 0) is 31.0 Å². The van der Waals surface area contributed by atoms with Gasteiger partial charge in [0.2, 0.25) is 0 Å². The third kappa shape index (κ3) is 4.14. The Kier molecular flexibility index (Phi) is 5.11. The quantitative estimate of drug-likeness (QED) is 0.693. The van der Waals surface area contributed by atoms with E-state index in [0.29, 0.717) is 6.61 Å². The number of morpholine rings is 1. The first-order valence-electron chi connectivity index (χ1n) is 9.35. The topological polar surface area (TPSA) is 69.0 Å². The third-order valence-corrected chi connectivity index (χ3v) is 4.68. The van der Waals surface area contributed by atoms with Crippen molar-refractivity contribution in [3.8, 4) is 11.4 Å². The van der Waals surface area contributed by atoms with Crippen LogP contribution in [-0.2, 0) is 17.7 Å². The lowest BCUT2D eigenvalue weighted by molar-refractivity contribution is 0.0272. The first-order valence-corrected chi connectivity index (χ1v) is 9.35. The number of pyridine rings is 1. The second-order valence-corrected chi connectivity index (χ2v) is 6.81. The molecule has 7 heteroatoms. The zero-order valence-corrected chi connectivity index (χ0v) is 15.7. The number of hydrogen-bond donors (Lipinski definition) is 0. The van der Waals surface area contributed by atoms with E-state index in [9.17, 15) is 0 Å². The van der Waals surface area contributed by atoms with E-state index in [1.165, 1.54) is 0 Å². The summed E-state index contributed by atoms with van der Waals surface area (Å²) >= 11 is 0. The van der Waals surface area contributed by atoms with Gasteiger partial charge in [0.05, 0.1) is 25.5 Å². The number of rotatable bonds is 5. The highest BCUT2D eigenvalue weighted by atomic mass is 16.5. The minimum atomic E-state index is 0.0856. The van der Waals surface area contributed by atoms with Crippen molar-refractivity contribution in [3.05, 3.63) is 54.2 Å². The van der Waals surface area contributed by atoms with Gasteiger partial charge in [-0.2, -0.15) is 5.10 Å². The zero-order chi connectivity index (χ0) is 18.6. The van der Waals surface area contributed by atoms with Crippen molar-refractivity contribution in [2.75, 3.05) is 24.6 Å². The molecule has 1 unspecified atom stereocenters. The van der Waals surface area contributed by atoms with E-state index in [0.717, 1.165) is 54.5 Å². The van der Waals surface area contributed by atoms with E-state index in [4.69, 9.17) is 14.7 Å². The van der Waals surface area contributed by atoms with Crippen LogP contribution in [0.5, 0.6) is 0 Å². The molecule has 0 amide bonds. The van der Waals surface area contributed by atoms with Crippen LogP contribution >= 0.6 is 0 Å². The van der Waals surface area contributed by atoms with Crippen molar-refractivity contribution in [2.45, 2.75) is 32.9 Å². The summed E-state index contributed by atoms with van der Waals surface area (Å²) in [5.41, 5.74) is 3.18. The van der Waals surface area contributed by atoms with E-state index < -0.39 is 0 Å². The molecule has 7 nitrogen and oxygen atoms in total. The average molecular weight is 364 g/mol. The molecule has 4 rings (SSSR count). The maximum absolute atomic E-state index is 5.96. The summed E-state index contributed by atoms with van der Waals surface area (Å²) in [5, 5.41) is 4.38. The second-order valence-electron chi connectivity index (χ2n) is 6.81. The van der Waals surface area contributed by atoms with Crippen LogP contribution in [-0.4, -0.2) is 50.5 Å². The molecule has 1 atom stereocenters. The molecule has 140 valence electrons. The first kappa shape index (κ1) is 17.6. The molecule has 3 aromatic heterocycles. The minimum Gasteiger partial charge on any atom is -0.373 e. The molecule has 4 heterocycles. The summed E-state index contributed by atoms with van der Waals surface area (Å²) in [6, 6.07) is 5.98. The molecule has 0 bridgehead atoms. The number of aromatic nitrogens is 5. The lowest BCUT2D eigenvalue weighted by Crippen LogP contribution is -2.44. The van der Waals surface area contributed by atoms with Gasteiger partial charge in [0.25, 0.3) is 0 Å². The van der Waals surface area contributed by atoms with Crippen LogP contribution in [0.4, 0.5) is 5.82 Å². The molecule has 0 aliphatic carbocycles. The van der Waals surface area contributed by atoms with Crippen LogP contribution in [0, 0.1) is 6.92 Å². The van der Waals surface area contributed by atoms with Crippen molar-refractivity contribution >= 4 is 5.82 Å². The summed E-state index contributed by atoms with van der Waals surface area (Å²) in [6.07, 6.45) is 8.42. The van der Waals surface area contributed by atoms with Crippen molar-refractivity contribution in [1.29, 1.82) is 0 Å². The Morgan fingerprint density at radius 1 is 1.22 bits per heavy atom. The average Bonchev–Trinajstić information content (AvgIpc) is 3.13. The molecule has 1 aliphatic rings. The summed E-state index contributed by atoms with van der Waals surface area (Å²) in [4.78, 5) is 15.9. The molecule has 1 saturated heterocycles. The van der Waals surface area contributed by atoms with Crippen LogP contribution in [0.2, 0.25) is 0 Å². The number of ether oxygens (including phenoxy) is 1. The van der Waals surface area contributed by atoms with Crippen molar-refractivity contribution < 1.29 is 4.74 Å². The molecule has 27 heavy (non-hydrogen) atoms. The van der Waals surface area contributed by atoms with Crippen LogP contribution < -0.4 is 4.90 Å². The monoisotopic (exact) mass is 364 g/mol. The Bertz CT molecular complexity index is 894. The van der Waals surface area contributed by atoms with Crippen LogP contribution in [0.3, 0.4) is 0 Å². The Morgan fingerprint density at radius 3 is 2.81 bits per heavy atom. The number of anilines is 1. The summed E-state index contributed by atoms with van der Waals surface area (Å²) in [6.45, 7) is 7.20. The number of hydrogen-bond acceptors (Lipinski definition) is 6. The second kappa shape index (κ2) is 7.84. The fourth-order valence-corrected chi connectivity index (χ4v) is 3.27. The van der Waals surface area contributed by atoms with Gasteiger partial charge in [-0.3, -0.25) is 9.67 Å². The highest BCUT2D eigenvalue weighted by Gasteiger charge is 2.23. The van der Waals surface area contributed by atoms with Gasteiger partial charge in [-0.25, -0.2) is 9.97 Å². The Labute approximate surface area is 159 Å². The molecule has 0 N–H and O–H groups in total. The summed E-state index contributed by atoms with van der Waals surface area (Å²) < 4.78 is 7.91. The van der Waals surface area contributed by atoms with Gasteiger partial charge in [0, 0.05) is 49.0 Å². The predicted molar refractivity (Wildman–Crippen MR) is 104 cm³/mol. The van der Waals surface area contributed by atoms with Gasteiger partial charge in [0.15, 0.2) is 5.82 Å². The van der Waals surface area contributed by atoms with Crippen LogP contribution in [0.1, 0.15) is 18.2 Å². The normalized spacial score (nSPS) is 17.3. The number of aryl methyl sites for hydroxylation is 2. The standard InChI is InChI=1S/C20H24N6O/c1-3-17-10-19(24-20(23-17)16-4-6-21-7-5-16)25-8-9-27-18(13-25)14-26-12-15(2)11-22-26/h4-7,10-12,18H,3,8-9,13-14H2,1-2H3. The Morgan fingerprint density at radius 2 is 2.07 bits per heavy atom. The SMILES string of the molecule is CCc1cc(N2CCOC(Cn3cc(C)cn3)C2)nc(-c2ccncc2)n1. The van der Waals surface area contributed by atoms with Crippen LogP contribution in [0.15, 0.2) is 43.0 Å². The molecule has 3 aromatic rings. The van der Waals surface area contributed by atoms with Gasteiger partial charge in [-0.15, -0.1) is 0 Å². The Balaban J connectivity index is 1.56. The molecular formula is C20H24N6O. The van der Waals surface area contributed by atoms with Gasteiger partial charge < -0.3 is 9.64 Å². The summed E-state index contributed by atoms with van der Waals surface area (Å²) in [7, 11) is 0. The molecule has 1 fully saturated rings. The lowest BCUT2D eigenvalue weighted by atomic mass is 10.2. The van der Waals surface area contributed by atoms with Crippen molar-refractivity contribution in [1.82, 2.24) is 24.7 Å². The maximum atomic E-state index is 5.96. The molecular weight excluding hydrogens is 340 g/mol. The van der Waals surface area contributed by atoms with Gasteiger partial charge in [0.1, 0.15) is 5.82 Å². The minimum absolute atomic E-state index is 0.0856. The molecule has 0 saturated carbocycles. The van der Waals surface area contributed by atoms with Gasteiger partial charge >= 0.3 is 0 Å². The smallest absolute Gasteiger partial charge is 0.161 e. The molecule has 0 aromatic carbocycles. The molecule has 0 radical (unpaired) electrons. The number of nitrogens with zero attached hydrogens (tertiary/aromatic N) is 6. The van der Waals surface area contributed by atoms with Crippen LogP contribution in [0.25, 0.3) is 11.4 Å².